The molecule has 17 heavy (non-hydrogen) atoms. The summed E-state index contributed by atoms with van der Waals surface area (Å²) in [5, 5.41) is 10.9. The van der Waals surface area contributed by atoms with Crippen molar-refractivity contribution in [3.05, 3.63) is 50.9 Å². The van der Waals surface area contributed by atoms with E-state index in [0.29, 0.717) is 10.6 Å². The Balaban J connectivity index is 2.36. The lowest BCUT2D eigenvalue weighted by Crippen LogP contribution is -2.11. The maximum atomic E-state index is 12.2. The van der Waals surface area contributed by atoms with Gasteiger partial charge in [0.15, 0.2) is 11.7 Å². The molecule has 0 bridgehead atoms. The van der Waals surface area contributed by atoms with Gasteiger partial charge in [0.1, 0.15) is 0 Å². The number of hydrogen-bond acceptors (Lipinski definition) is 4. The molecule has 0 aliphatic carbocycles. The van der Waals surface area contributed by atoms with Crippen LogP contribution in [0.5, 0.6) is 0 Å². The van der Waals surface area contributed by atoms with E-state index >= 15 is 0 Å². The van der Waals surface area contributed by atoms with E-state index in [0.717, 1.165) is 4.47 Å². The Morgan fingerprint density at radius 1 is 1.47 bits per heavy atom. The fourth-order valence-electron chi connectivity index (χ4n) is 1.41. The lowest BCUT2D eigenvalue weighted by Gasteiger charge is -2.06. The average molecular weight is 307 g/mol. The van der Waals surface area contributed by atoms with Gasteiger partial charge in [-0.05, 0) is 39.5 Å². The zero-order chi connectivity index (χ0) is 12.3. The highest BCUT2D eigenvalue weighted by molar-refractivity contribution is 9.10. The molecule has 5 heteroatoms. The van der Waals surface area contributed by atoms with Gasteiger partial charge in [-0.1, -0.05) is 6.07 Å². The molecule has 2 aromatic heterocycles. The van der Waals surface area contributed by atoms with Crippen LogP contribution in [0.4, 0.5) is 0 Å². The van der Waals surface area contributed by atoms with Crippen LogP contribution in [0.15, 0.2) is 40.3 Å². The quantitative estimate of drug-likeness (QED) is 0.817. The molecule has 0 saturated heterocycles. The Morgan fingerprint density at radius 2 is 2.29 bits per heavy atom. The maximum Gasteiger partial charge on any atom is 0.197 e. The monoisotopic (exact) mass is 306 g/mol. The molecule has 0 aromatic carbocycles. The van der Waals surface area contributed by atoms with Gasteiger partial charge in [0.25, 0.3) is 0 Å². The molecular formula is C12H7BrN2OS. The van der Waals surface area contributed by atoms with Gasteiger partial charge in [0.2, 0.25) is 0 Å². The third-order valence-corrected chi connectivity index (χ3v) is 4.07. The van der Waals surface area contributed by atoms with Crippen LogP contribution in [0.1, 0.15) is 21.3 Å². The van der Waals surface area contributed by atoms with Gasteiger partial charge < -0.3 is 0 Å². The predicted octanol–water partition coefficient (Wildman–Crippen LogP) is 3.40. The van der Waals surface area contributed by atoms with Crippen molar-refractivity contribution in [2.45, 2.75) is 5.92 Å². The average Bonchev–Trinajstić information content (AvgIpc) is 2.77. The van der Waals surface area contributed by atoms with Crippen LogP contribution < -0.4 is 0 Å². The van der Waals surface area contributed by atoms with E-state index < -0.39 is 5.92 Å². The zero-order valence-corrected chi connectivity index (χ0v) is 11.0. The standard InChI is InChI=1S/C12H7BrN2OS/c13-9-4-6-17-12(9)11(16)8(7-14)10-3-1-2-5-15-10/h1-6,8H. The summed E-state index contributed by atoms with van der Waals surface area (Å²) in [6.07, 6.45) is 1.58. The van der Waals surface area contributed by atoms with E-state index in [9.17, 15) is 4.79 Å². The number of rotatable bonds is 3. The van der Waals surface area contributed by atoms with E-state index in [4.69, 9.17) is 5.26 Å². The lowest BCUT2D eigenvalue weighted by molar-refractivity contribution is 0.0981. The van der Waals surface area contributed by atoms with Gasteiger partial charge in [-0.2, -0.15) is 5.26 Å². The van der Waals surface area contributed by atoms with Gasteiger partial charge >= 0.3 is 0 Å². The molecule has 1 unspecified atom stereocenters. The molecule has 2 heterocycles. The molecule has 0 aliphatic rings. The van der Waals surface area contributed by atoms with E-state index in [1.54, 1.807) is 30.5 Å². The first kappa shape index (κ1) is 12.0. The van der Waals surface area contributed by atoms with E-state index in [-0.39, 0.29) is 5.78 Å². The Kier molecular flexibility index (Phi) is 3.67. The van der Waals surface area contributed by atoms with Gasteiger partial charge in [-0.15, -0.1) is 11.3 Å². The first-order valence-electron chi connectivity index (χ1n) is 4.82. The summed E-state index contributed by atoms with van der Waals surface area (Å²) < 4.78 is 0.726. The summed E-state index contributed by atoms with van der Waals surface area (Å²) in [6.45, 7) is 0. The Bertz CT molecular complexity index is 574. The summed E-state index contributed by atoms with van der Waals surface area (Å²) in [7, 11) is 0. The predicted molar refractivity (Wildman–Crippen MR) is 68.9 cm³/mol. The highest BCUT2D eigenvalue weighted by atomic mass is 79.9. The molecule has 0 N–H and O–H groups in total. The minimum Gasteiger partial charge on any atom is -0.291 e. The fourth-order valence-corrected chi connectivity index (χ4v) is 2.94. The number of nitriles is 1. The van der Waals surface area contributed by atoms with Crippen molar-refractivity contribution in [1.29, 1.82) is 5.26 Å². The first-order valence-corrected chi connectivity index (χ1v) is 6.49. The number of halogens is 1. The number of Topliss-reactive ketones (excluding diaryl/α,β-unsaturated/α-hetero) is 1. The third kappa shape index (κ3) is 2.43. The number of thiophene rings is 1. The highest BCUT2D eigenvalue weighted by Crippen LogP contribution is 2.28. The number of nitrogens with zero attached hydrogens (tertiary/aromatic N) is 2. The summed E-state index contributed by atoms with van der Waals surface area (Å²) in [6, 6.07) is 9.01. The van der Waals surface area contributed by atoms with Crippen LogP contribution in [0.25, 0.3) is 0 Å². The number of aromatic nitrogens is 1. The summed E-state index contributed by atoms with van der Waals surface area (Å²) in [5.74, 6) is -1.06. The lowest BCUT2D eigenvalue weighted by atomic mass is 10.0. The molecule has 84 valence electrons. The van der Waals surface area contributed by atoms with Crippen LogP contribution >= 0.6 is 27.3 Å². The second-order valence-electron chi connectivity index (χ2n) is 3.28. The van der Waals surface area contributed by atoms with Crippen molar-refractivity contribution >= 4 is 33.0 Å². The molecule has 1 atom stereocenters. The Hall–Kier alpha value is -1.51. The number of pyridine rings is 1. The highest BCUT2D eigenvalue weighted by Gasteiger charge is 2.25. The molecular weight excluding hydrogens is 300 g/mol. The number of hydrogen-bond donors (Lipinski definition) is 0. The summed E-state index contributed by atoms with van der Waals surface area (Å²) in [5.41, 5.74) is 0.486. The molecule has 0 aliphatic heterocycles. The number of carbonyl (C=O) groups is 1. The largest absolute Gasteiger partial charge is 0.291 e. The van der Waals surface area contributed by atoms with Gasteiger partial charge in [-0.3, -0.25) is 9.78 Å². The molecule has 0 spiro atoms. The minimum absolute atomic E-state index is 0.215. The molecule has 3 nitrogen and oxygen atoms in total. The van der Waals surface area contributed by atoms with Crippen LogP contribution in [0, 0.1) is 11.3 Å². The van der Waals surface area contributed by atoms with Crippen molar-refractivity contribution in [1.82, 2.24) is 4.98 Å². The maximum absolute atomic E-state index is 12.2. The second-order valence-corrected chi connectivity index (χ2v) is 5.05. The first-order chi connectivity index (χ1) is 8.24. The van der Waals surface area contributed by atoms with E-state index in [1.807, 2.05) is 11.4 Å². The van der Waals surface area contributed by atoms with E-state index in [1.165, 1.54) is 11.3 Å². The van der Waals surface area contributed by atoms with Crippen LogP contribution in [0.2, 0.25) is 0 Å². The summed E-state index contributed by atoms with van der Waals surface area (Å²) >= 11 is 4.62. The van der Waals surface area contributed by atoms with Gasteiger partial charge in [-0.25, -0.2) is 0 Å². The van der Waals surface area contributed by atoms with Crippen LogP contribution in [0.3, 0.4) is 0 Å². The third-order valence-electron chi connectivity index (χ3n) is 2.22. The number of ketones is 1. The zero-order valence-electron chi connectivity index (χ0n) is 8.63. The van der Waals surface area contributed by atoms with E-state index in [2.05, 4.69) is 20.9 Å². The minimum atomic E-state index is -0.842. The molecule has 0 fully saturated rings. The topological polar surface area (TPSA) is 53.8 Å². The molecule has 0 radical (unpaired) electrons. The normalized spacial score (nSPS) is 11.8. The van der Waals surface area contributed by atoms with Crippen LogP contribution in [-0.4, -0.2) is 10.8 Å². The van der Waals surface area contributed by atoms with Crippen molar-refractivity contribution in [2.75, 3.05) is 0 Å². The van der Waals surface area contributed by atoms with Gasteiger partial charge in [0.05, 0.1) is 16.6 Å². The summed E-state index contributed by atoms with van der Waals surface area (Å²) in [4.78, 5) is 16.8. The number of carbonyl (C=O) groups excluding carboxylic acids is 1. The SMILES string of the molecule is N#CC(C(=O)c1sccc1Br)c1ccccn1. The molecule has 2 aromatic rings. The van der Waals surface area contributed by atoms with Crippen molar-refractivity contribution in [3.63, 3.8) is 0 Å². The molecule has 0 amide bonds. The van der Waals surface area contributed by atoms with Gasteiger partial charge in [0, 0.05) is 10.7 Å². The fraction of sp³-hybridized carbons (Fsp3) is 0.0833. The smallest absolute Gasteiger partial charge is 0.197 e. The Morgan fingerprint density at radius 3 is 2.82 bits per heavy atom. The molecule has 2 rings (SSSR count). The second kappa shape index (κ2) is 5.21. The van der Waals surface area contributed by atoms with Crippen molar-refractivity contribution < 1.29 is 4.79 Å². The van der Waals surface area contributed by atoms with Crippen molar-refractivity contribution in [3.8, 4) is 6.07 Å². The molecule has 0 saturated carbocycles. The van der Waals surface area contributed by atoms with Crippen LogP contribution in [-0.2, 0) is 0 Å². The van der Waals surface area contributed by atoms with Crippen molar-refractivity contribution in [2.24, 2.45) is 0 Å². The Labute approximate surface area is 111 Å².